The predicted molar refractivity (Wildman–Crippen MR) is 53.6 cm³/mol. The minimum absolute atomic E-state index is 0.0341. The van der Waals surface area contributed by atoms with Gasteiger partial charge in [0.05, 0.1) is 6.61 Å². The summed E-state index contributed by atoms with van der Waals surface area (Å²) in [4.78, 5) is 1.45. The molecule has 0 spiro atoms. The number of rotatable bonds is 6. The van der Waals surface area contributed by atoms with Crippen molar-refractivity contribution in [1.82, 2.24) is 10.2 Å². The lowest BCUT2D eigenvalue weighted by Gasteiger charge is -2.25. The molecule has 1 aliphatic heterocycles. The summed E-state index contributed by atoms with van der Waals surface area (Å²) in [6.45, 7) is 0.660. The molecule has 6 nitrogen and oxygen atoms in total. The number of hydrogen-bond donors (Lipinski definition) is 5. The second-order valence-electron chi connectivity index (χ2n) is 3.43. The molecule has 0 saturated carbocycles. The molecule has 0 aromatic carbocycles. The number of nitrogens with one attached hydrogen (secondary N) is 1. The Labute approximate surface area is 88.4 Å². The van der Waals surface area contributed by atoms with Gasteiger partial charge in [0.25, 0.3) is 0 Å². The van der Waals surface area contributed by atoms with Crippen LogP contribution in [-0.2, 0) is 0 Å². The van der Waals surface area contributed by atoms with Crippen LogP contribution in [0.4, 0.5) is 0 Å². The second-order valence-corrected chi connectivity index (χ2v) is 3.43. The van der Waals surface area contributed by atoms with E-state index in [0.717, 1.165) is 0 Å². The number of aliphatic hydroxyl groups excluding tert-OH is 4. The Bertz CT molecular complexity index is 200. The number of hydrogen-bond acceptors (Lipinski definition) is 6. The molecule has 0 bridgehead atoms. The van der Waals surface area contributed by atoms with Crippen molar-refractivity contribution in [2.45, 2.75) is 25.1 Å². The van der Waals surface area contributed by atoms with Crippen molar-refractivity contribution in [1.29, 1.82) is 0 Å². The molecule has 0 fully saturated rings. The summed E-state index contributed by atoms with van der Waals surface area (Å²) in [7, 11) is 0. The summed E-state index contributed by atoms with van der Waals surface area (Å²) < 4.78 is 0. The Morgan fingerprint density at radius 2 is 1.87 bits per heavy atom. The lowest BCUT2D eigenvalue weighted by molar-refractivity contribution is -0.0472. The van der Waals surface area contributed by atoms with Gasteiger partial charge in [-0.1, -0.05) is 0 Å². The molecule has 0 saturated heterocycles. The summed E-state index contributed by atoms with van der Waals surface area (Å²) in [6.07, 6.45) is 1.05. The maximum atomic E-state index is 9.39. The maximum absolute atomic E-state index is 9.39. The third-order valence-electron chi connectivity index (χ3n) is 2.29. The molecular formula is C9H18N2O4. The number of aliphatic hydroxyl groups is 4. The van der Waals surface area contributed by atoms with Gasteiger partial charge in [0.15, 0.2) is 0 Å². The fourth-order valence-corrected chi connectivity index (χ4v) is 1.45. The van der Waals surface area contributed by atoms with E-state index in [1.54, 1.807) is 0 Å². The summed E-state index contributed by atoms with van der Waals surface area (Å²) in [6, 6.07) is 0. The van der Waals surface area contributed by atoms with Crippen molar-refractivity contribution in [2.24, 2.45) is 0 Å². The standard InChI is InChI=1S/C9H18N2O4/c12-6-4-10-7(13)3-5-11-8(14)1-2-9(11)15/h1-2,7-10,12-15H,3-6H2/t7-,8-,9+/m1/s1. The molecule has 5 N–H and O–H groups in total. The first-order valence-electron chi connectivity index (χ1n) is 4.97. The first kappa shape index (κ1) is 12.6. The molecule has 0 amide bonds. The molecule has 1 aliphatic rings. The van der Waals surface area contributed by atoms with E-state index in [1.807, 2.05) is 0 Å². The first-order valence-corrected chi connectivity index (χ1v) is 4.97. The van der Waals surface area contributed by atoms with Crippen LogP contribution in [0.1, 0.15) is 6.42 Å². The lowest BCUT2D eigenvalue weighted by Crippen LogP contribution is -2.41. The third kappa shape index (κ3) is 3.86. The molecule has 1 rings (SSSR count). The SMILES string of the molecule is OCCN[C@H](O)CCN1[C@H](O)C=C[C@@H]1O. The van der Waals surface area contributed by atoms with E-state index in [2.05, 4.69) is 5.32 Å². The fourth-order valence-electron chi connectivity index (χ4n) is 1.45. The van der Waals surface area contributed by atoms with E-state index in [0.29, 0.717) is 19.5 Å². The summed E-state index contributed by atoms with van der Waals surface area (Å²) in [5, 5.41) is 39.3. The molecule has 1 heterocycles. The van der Waals surface area contributed by atoms with Crippen molar-refractivity contribution in [3.8, 4) is 0 Å². The van der Waals surface area contributed by atoms with Gasteiger partial charge in [0.2, 0.25) is 0 Å². The topological polar surface area (TPSA) is 96.2 Å². The van der Waals surface area contributed by atoms with Gasteiger partial charge >= 0.3 is 0 Å². The van der Waals surface area contributed by atoms with Crippen LogP contribution < -0.4 is 5.32 Å². The average molecular weight is 218 g/mol. The van der Waals surface area contributed by atoms with Gasteiger partial charge in [-0.3, -0.25) is 5.32 Å². The Kier molecular flexibility index (Phi) is 5.16. The largest absolute Gasteiger partial charge is 0.395 e. The Morgan fingerprint density at radius 1 is 1.27 bits per heavy atom. The highest BCUT2D eigenvalue weighted by Gasteiger charge is 2.25. The molecule has 88 valence electrons. The Balaban J connectivity index is 2.19. The van der Waals surface area contributed by atoms with Crippen LogP contribution in [0.25, 0.3) is 0 Å². The molecule has 0 radical (unpaired) electrons. The molecule has 0 unspecified atom stereocenters. The van der Waals surface area contributed by atoms with Crippen molar-refractivity contribution < 1.29 is 20.4 Å². The van der Waals surface area contributed by atoms with E-state index < -0.39 is 18.7 Å². The smallest absolute Gasteiger partial charge is 0.128 e. The fraction of sp³-hybridized carbons (Fsp3) is 0.778. The van der Waals surface area contributed by atoms with Crippen molar-refractivity contribution in [3.05, 3.63) is 12.2 Å². The minimum Gasteiger partial charge on any atom is -0.395 e. The summed E-state index contributed by atoms with van der Waals surface area (Å²) in [5.41, 5.74) is 0. The zero-order valence-electron chi connectivity index (χ0n) is 8.45. The summed E-state index contributed by atoms with van der Waals surface area (Å²) in [5.74, 6) is 0. The molecule has 0 aliphatic carbocycles. The van der Waals surface area contributed by atoms with Crippen LogP contribution in [0.15, 0.2) is 12.2 Å². The van der Waals surface area contributed by atoms with Gasteiger partial charge < -0.3 is 20.4 Å². The van der Waals surface area contributed by atoms with Gasteiger partial charge in [-0.2, -0.15) is 0 Å². The minimum atomic E-state index is -0.787. The van der Waals surface area contributed by atoms with Crippen LogP contribution >= 0.6 is 0 Å². The average Bonchev–Trinajstić information content (AvgIpc) is 2.53. The third-order valence-corrected chi connectivity index (χ3v) is 2.29. The van der Waals surface area contributed by atoms with Gasteiger partial charge in [-0.25, -0.2) is 4.90 Å². The van der Waals surface area contributed by atoms with E-state index in [9.17, 15) is 15.3 Å². The summed E-state index contributed by atoms with van der Waals surface area (Å²) >= 11 is 0. The second kappa shape index (κ2) is 6.16. The van der Waals surface area contributed by atoms with Crippen LogP contribution in [0, 0.1) is 0 Å². The monoisotopic (exact) mass is 218 g/mol. The van der Waals surface area contributed by atoms with Gasteiger partial charge in [-0.05, 0) is 18.6 Å². The lowest BCUT2D eigenvalue weighted by atomic mass is 10.3. The van der Waals surface area contributed by atoms with Crippen LogP contribution in [0.5, 0.6) is 0 Å². The van der Waals surface area contributed by atoms with Gasteiger partial charge in [0.1, 0.15) is 18.7 Å². The molecule has 15 heavy (non-hydrogen) atoms. The zero-order valence-corrected chi connectivity index (χ0v) is 8.45. The highest BCUT2D eigenvalue weighted by atomic mass is 16.3. The van der Waals surface area contributed by atoms with Crippen molar-refractivity contribution in [3.63, 3.8) is 0 Å². The van der Waals surface area contributed by atoms with Crippen molar-refractivity contribution in [2.75, 3.05) is 19.7 Å². The Hall–Kier alpha value is -0.500. The highest BCUT2D eigenvalue weighted by molar-refractivity contribution is 5.01. The van der Waals surface area contributed by atoms with E-state index >= 15 is 0 Å². The molecule has 6 heteroatoms. The number of nitrogens with zero attached hydrogens (tertiary/aromatic N) is 1. The van der Waals surface area contributed by atoms with E-state index in [1.165, 1.54) is 17.1 Å². The quantitative estimate of drug-likeness (QED) is 0.256. The van der Waals surface area contributed by atoms with E-state index in [4.69, 9.17) is 5.11 Å². The zero-order chi connectivity index (χ0) is 11.3. The first-order chi connectivity index (χ1) is 7.15. The molecule has 0 aromatic rings. The van der Waals surface area contributed by atoms with Crippen LogP contribution in [0.2, 0.25) is 0 Å². The van der Waals surface area contributed by atoms with Crippen LogP contribution in [0.3, 0.4) is 0 Å². The maximum Gasteiger partial charge on any atom is 0.128 e. The van der Waals surface area contributed by atoms with Gasteiger partial charge in [0, 0.05) is 13.1 Å². The predicted octanol–water partition coefficient (Wildman–Crippen LogP) is -2.21. The van der Waals surface area contributed by atoms with Crippen LogP contribution in [-0.4, -0.2) is 63.7 Å². The normalized spacial score (nSPS) is 28.5. The molecule has 0 aromatic heterocycles. The molecule has 3 atom stereocenters. The van der Waals surface area contributed by atoms with E-state index in [-0.39, 0.29) is 6.61 Å². The Morgan fingerprint density at radius 3 is 2.40 bits per heavy atom. The molecular weight excluding hydrogens is 200 g/mol. The van der Waals surface area contributed by atoms with Gasteiger partial charge in [-0.15, -0.1) is 0 Å². The highest BCUT2D eigenvalue weighted by Crippen LogP contribution is 2.13. The van der Waals surface area contributed by atoms with Crippen molar-refractivity contribution >= 4 is 0 Å².